The summed E-state index contributed by atoms with van der Waals surface area (Å²) < 4.78 is 6.18. The van der Waals surface area contributed by atoms with Crippen LogP contribution in [0.15, 0.2) is 65.1 Å². The minimum absolute atomic E-state index is 0.192. The van der Waals surface area contributed by atoms with E-state index in [2.05, 4.69) is 17.0 Å². The Kier molecular flexibility index (Phi) is 4.63. The van der Waals surface area contributed by atoms with Crippen molar-refractivity contribution in [2.75, 3.05) is 13.2 Å². The van der Waals surface area contributed by atoms with Crippen LogP contribution in [0.1, 0.15) is 18.7 Å². The zero-order valence-electron chi connectivity index (χ0n) is 14.1. The Hall–Kier alpha value is -2.43. The zero-order valence-corrected chi connectivity index (χ0v) is 14.1. The van der Waals surface area contributed by atoms with Gasteiger partial charge in [-0.05, 0) is 19.4 Å². The number of aliphatic hydroxyl groups excluding tert-OH is 1. The molecule has 4 nitrogen and oxygen atoms in total. The van der Waals surface area contributed by atoms with Gasteiger partial charge in [0.15, 0.2) is 5.76 Å². The second-order valence-electron chi connectivity index (χ2n) is 6.47. The Morgan fingerprint density at radius 2 is 1.68 bits per heavy atom. The SMILES string of the molecule is OC[C@@H]1CCCN1Cc1nc(-c2ccccc2)c(-c2ccccc2)o1. The Bertz CT molecular complexity index is 757. The predicted octanol–water partition coefficient (Wildman–Crippen LogP) is 3.97. The summed E-state index contributed by atoms with van der Waals surface area (Å²) in [4.78, 5) is 7.06. The maximum Gasteiger partial charge on any atom is 0.209 e. The van der Waals surface area contributed by atoms with Crippen LogP contribution < -0.4 is 0 Å². The molecule has 1 N–H and O–H groups in total. The van der Waals surface area contributed by atoms with Crippen LogP contribution in [0.4, 0.5) is 0 Å². The topological polar surface area (TPSA) is 49.5 Å². The summed E-state index contributed by atoms with van der Waals surface area (Å²) in [6.45, 7) is 1.81. The van der Waals surface area contributed by atoms with Crippen molar-refractivity contribution in [3.05, 3.63) is 66.6 Å². The highest BCUT2D eigenvalue weighted by Crippen LogP contribution is 2.33. The first-order valence-corrected chi connectivity index (χ1v) is 8.80. The third-order valence-corrected chi connectivity index (χ3v) is 4.80. The van der Waals surface area contributed by atoms with Gasteiger partial charge in [0.1, 0.15) is 5.69 Å². The second-order valence-corrected chi connectivity index (χ2v) is 6.47. The van der Waals surface area contributed by atoms with Gasteiger partial charge in [-0.3, -0.25) is 4.90 Å². The summed E-state index contributed by atoms with van der Waals surface area (Å²) in [5, 5.41) is 9.54. The summed E-state index contributed by atoms with van der Waals surface area (Å²) in [5.74, 6) is 1.51. The fourth-order valence-corrected chi connectivity index (χ4v) is 3.49. The lowest BCUT2D eigenvalue weighted by Gasteiger charge is -2.20. The number of benzene rings is 2. The molecule has 4 heteroatoms. The van der Waals surface area contributed by atoms with Crippen LogP contribution in [-0.2, 0) is 6.54 Å². The molecular weight excluding hydrogens is 312 g/mol. The molecule has 2 heterocycles. The molecule has 0 bridgehead atoms. The third kappa shape index (κ3) is 3.36. The van der Waals surface area contributed by atoms with Crippen LogP contribution in [0.5, 0.6) is 0 Å². The van der Waals surface area contributed by atoms with Crippen LogP contribution in [0.25, 0.3) is 22.6 Å². The smallest absolute Gasteiger partial charge is 0.209 e. The van der Waals surface area contributed by atoms with Gasteiger partial charge in [-0.2, -0.15) is 0 Å². The average molecular weight is 334 g/mol. The van der Waals surface area contributed by atoms with Gasteiger partial charge in [0.2, 0.25) is 5.89 Å². The van der Waals surface area contributed by atoms with E-state index in [-0.39, 0.29) is 12.6 Å². The number of aromatic nitrogens is 1. The van der Waals surface area contributed by atoms with E-state index >= 15 is 0 Å². The third-order valence-electron chi connectivity index (χ3n) is 4.80. The monoisotopic (exact) mass is 334 g/mol. The summed E-state index contributed by atoms with van der Waals surface area (Å²) in [6.07, 6.45) is 2.15. The molecule has 4 rings (SSSR count). The molecule has 2 aromatic carbocycles. The number of nitrogens with zero attached hydrogens (tertiary/aromatic N) is 2. The summed E-state index contributed by atoms with van der Waals surface area (Å²) in [5.41, 5.74) is 2.96. The highest BCUT2D eigenvalue weighted by molar-refractivity contribution is 5.76. The summed E-state index contributed by atoms with van der Waals surface area (Å²) >= 11 is 0. The van der Waals surface area contributed by atoms with Crippen LogP contribution in [0.2, 0.25) is 0 Å². The van der Waals surface area contributed by atoms with E-state index in [0.29, 0.717) is 12.4 Å². The largest absolute Gasteiger partial charge is 0.439 e. The van der Waals surface area contributed by atoms with Gasteiger partial charge in [-0.25, -0.2) is 4.98 Å². The molecule has 1 aliphatic rings. The van der Waals surface area contributed by atoms with E-state index in [9.17, 15) is 5.11 Å². The van der Waals surface area contributed by atoms with Crippen LogP contribution in [-0.4, -0.2) is 34.2 Å². The molecule has 3 aromatic rings. The standard InChI is InChI=1S/C21H22N2O2/c24-15-18-12-7-13-23(18)14-19-22-20(16-8-3-1-4-9-16)21(25-19)17-10-5-2-6-11-17/h1-6,8-11,18,24H,7,12-15H2/t18-/m0/s1. The number of oxazole rings is 1. The van der Waals surface area contributed by atoms with E-state index in [0.717, 1.165) is 42.0 Å². The molecule has 0 unspecified atom stereocenters. The van der Waals surface area contributed by atoms with Crippen molar-refractivity contribution >= 4 is 0 Å². The van der Waals surface area contributed by atoms with Crippen molar-refractivity contribution < 1.29 is 9.52 Å². The number of hydrogen-bond donors (Lipinski definition) is 1. The maximum atomic E-state index is 9.54. The fourth-order valence-electron chi connectivity index (χ4n) is 3.49. The average Bonchev–Trinajstić information content (AvgIpc) is 3.30. The van der Waals surface area contributed by atoms with E-state index in [1.165, 1.54) is 0 Å². The van der Waals surface area contributed by atoms with Gasteiger partial charge in [-0.15, -0.1) is 0 Å². The van der Waals surface area contributed by atoms with Crippen LogP contribution >= 0.6 is 0 Å². The van der Waals surface area contributed by atoms with Crippen LogP contribution in [0.3, 0.4) is 0 Å². The number of hydrogen-bond acceptors (Lipinski definition) is 4. The fraction of sp³-hybridized carbons (Fsp3) is 0.286. The Balaban J connectivity index is 1.71. The lowest BCUT2D eigenvalue weighted by Crippen LogP contribution is -2.31. The van der Waals surface area contributed by atoms with Crippen molar-refractivity contribution in [2.24, 2.45) is 0 Å². The first-order valence-electron chi connectivity index (χ1n) is 8.80. The van der Waals surface area contributed by atoms with Crippen molar-refractivity contribution in [3.8, 4) is 22.6 Å². The van der Waals surface area contributed by atoms with E-state index in [4.69, 9.17) is 9.40 Å². The molecule has 1 fully saturated rings. The van der Waals surface area contributed by atoms with Gasteiger partial charge in [0.05, 0.1) is 13.2 Å². The van der Waals surface area contributed by atoms with Gasteiger partial charge in [-0.1, -0.05) is 60.7 Å². The van der Waals surface area contributed by atoms with Crippen molar-refractivity contribution in [1.82, 2.24) is 9.88 Å². The Morgan fingerprint density at radius 3 is 2.36 bits per heavy atom. The van der Waals surface area contributed by atoms with Crippen molar-refractivity contribution in [1.29, 1.82) is 0 Å². The van der Waals surface area contributed by atoms with E-state index in [1.807, 2.05) is 48.5 Å². The van der Waals surface area contributed by atoms with E-state index in [1.54, 1.807) is 0 Å². The molecule has 1 saturated heterocycles. The highest BCUT2D eigenvalue weighted by Gasteiger charge is 2.26. The molecule has 0 aliphatic carbocycles. The number of aliphatic hydroxyl groups is 1. The quantitative estimate of drug-likeness (QED) is 0.767. The second kappa shape index (κ2) is 7.21. The molecule has 0 radical (unpaired) electrons. The lowest BCUT2D eigenvalue weighted by atomic mass is 10.1. The Labute approximate surface area is 147 Å². The summed E-state index contributed by atoms with van der Waals surface area (Å²) in [6, 6.07) is 20.5. The maximum absolute atomic E-state index is 9.54. The van der Waals surface area contributed by atoms with Gasteiger partial charge in [0.25, 0.3) is 0 Å². The molecule has 0 amide bonds. The van der Waals surface area contributed by atoms with Gasteiger partial charge < -0.3 is 9.52 Å². The minimum Gasteiger partial charge on any atom is -0.439 e. The number of likely N-dealkylation sites (tertiary alicyclic amines) is 1. The van der Waals surface area contributed by atoms with Gasteiger partial charge >= 0.3 is 0 Å². The summed E-state index contributed by atoms with van der Waals surface area (Å²) in [7, 11) is 0. The predicted molar refractivity (Wildman–Crippen MR) is 97.9 cm³/mol. The van der Waals surface area contributed by atoms with E-state index < -0.39 is 0 Å². The van der Waals surface area contributed by atoms with Gasteiger partial charge in [0, 0.05) is 17.2 Å². The normalized spacial score (nSPS) is 17.9. The lowest BCUT2D eigenvalue weighted by molar-refractivity contribution is 0.144. The molecule has 25 heavy (non-hydrogen) atoms. The molecular formula is C21H22N2O2. The van der Waals surface area contributed by atoms with Crippen molar-refractivity contribution in [3.63, 3.8) is 0 Å². The molecule has 1 aliphatic heterocycles. The minimum atomic E-state index is 0.192. The first-order chi connectivity index (χ1) is 12.3. The highest BCUT2D eigenvalue weighted by atomic mass is 16.4. The zero-order chi connectivity index (χ0) is 17.1. The Morgan fingerprint density at radius 1 is 1.00 bits per heavy atom. The first kappa shape index (κ1) is 16.1. The molecule has 1 aromatic heterocycles. The molecule has 0 saturated carbocycles. The molecule has 0 spiro atoms. The molecule has 1 atom stereocenters. The van der Waals surface area contributed by atoms with Crippen LogP contribution in [0, 0.1) is 0 Å². The van der Waals surface area contributed by atoms with Crippen molar-refractivity contribution in [2.45, 2.75) is 25.4 Å². The number of rotatable bonds is 5. The molecule has 128 valence electrons.